The van der Waals surface area contributed by atoms with Crippen LogP contribution in [-0.4, -0.2) is 90.3 Å². The van der Waals surface area contributed by atoms with E-state index in [2.05, 4.69) is 19.8 Å². The second kappa shape index (κ2) is 11.3. The number of thioether (sulfide) groups is 1. The van der Waals surface area contributed by atoms with Gasteiger partial charge in [0.2, 0.25) is 17.6 Å². The number of nitrogens with two attached hydrogens (primary N) is 1. The number of β-lactam (4-membered cyclic amide) rings is 1. The van der Waals surface area contributed by atoms with Crippen LogP contribution in [0.15, 0.2) is 16.4 Å². The highest BCUT2D eigenvalue weighted by Gasteiger charge is 2.54. The average Bonchev–Trinajstić information content (AvgIpc) is 3.24. The number of rotatable bonds is 9. The van der Waals surface area contributed by atoms with Crippen molar-refractivity contribution in [2.24, 2.45) is 5.16 Å². The SMILES string of the molecule is CC(=O)OCC1=C(C(=O)O)N2C(=O)[C@@H](NC(=O)C(=NOC(C)C(=O)OC(C)(C)C)c3nsc(N)n3)[C@H]2SC1. The summed E-state index contributed by atoms with van der Waals surface area (Å²) in [5.41, 5.74) is 4.34. The van der Waals surface area contributed by atoms with E-state index in [9.17, 15) is 29.1 Å². The Morgan fingerprint density at radius 1 is 1.32 bits per heavy atom. The van der Waals surface area contributed by atoms with Crippen LogP contribution >= 0.6 is 23.3 Å². The first kappa shape index (κ1) is 28.8. The molecule has 1 unspecified atom stereocenters. The Morgan fingerprint density at radius 3 is 2.55 bits per heavy atom. The molecule has 38 heavy (non-hydrogen) atoms. The molecule has 0 aromatic carbocycles. The quantitative estimate of drug-likeness (QED) is 0.153. The second-order valence-corrected chi connectivity index (χ2v) is 11.0. The average molecular weight is 571 g/mol. The van der Waals surface area contributed by atoms with E-state index in [1.54, 1.807) is 20.8 Å². The number of nitrogens with one attached hydrogen (secondary N) is 1. The van der Waals surface area contributed by atoms with Crippen LogP contribution in [0.2, 0.25) is 0 Å². The number of hydrogen-bond acceptors (Lipinski definition) is 14. The van der Waals surface area contributed by atoms with Crippen LogP contribution in [0.25, 0.3) is 0 Å². The molecule has 2 aliphatic heterocycles. The summed E-state index contributed by atoms with van der Waals surface area (Å²) in [6.45, 7) is 7.30. The van der Waals surface area contributed by atoms with Crippen LogP contribution in [0.5, 0.6) is 0 Å². The topological polar surface area (TPSA) is 213 Å². The van der Waals surface area contributed by atoms with E-state index in [0.29, 0.717) is 0 Å². The van der Waals surface area contributed by atoms with E-state index >= 15 is 0 Å². The van der Waals surface area contributed by atoms with Gasteiger partial charge < -0.3 is 30.5 Å². The highest BCUT2D eigenvalue weighted by molar-refractivity contribution is 8.00. The van der Waals surface area contributed by atoms with Gasteiger partial charge in [0.15, 0.2) is 5.13 Å². The predicted molar refractivity (Wildman–Crippen MR) is 134 cm³/mol. The van der Waals surface area contributed by atoms with Crippen LogP contribution in [0.1, 0.15) is 40.4 Å². The van der Waals surface area contributed by atoms with Crippen molar-refractivity contribution < 1.29 is 43.4 Å². The van der Waals surface area contributed by atoms with Crippen LogP contribution in [0.3, 0.4) is 0 Å². The summed E-state index contributed by atoms with van der Waals surface area (Å²) in [6.07, 6.45) is -1.19. The van der Waals surface area contributed by atoms with Crippen LogP contribution in [0.4, 0.5) is 5.13 Å². The van der Waals surface area contributed by atoms with Gasteiger partial charge >= 0.3 is 17.9 Å². The van der Waals surface area contributed by atoms with Crippen molar-refractivity contribution in [3.8, 4) is 0 Å². The van der Waals surface area contributed by atoms with Crippen LogP contribution in [0, 0.1) is 0 Å². The summed E-state index contributed by atoms with van der Waals surface area (Å²) in [4.78, 5) is 71.4. The fourth-order valence-corrected chi connectivity index (χ4v) is 5.03. The Balaban J connectivity index is 1.78. The number of carboxylic acid groups (broad SMARTS) is 1. The standard InChI is InChI=1S/C21H26N6O9S2/c1-8(19(33)35-21(3,4)5)36-25-11(14-24-20(22)38-26-14)15(29)23-12-16(30)27-13(18(31)32)10(6-34-9(2)28)7-37-17(12)27/h8,12,17H,6-7H2,1-5H3,(H,23,29)(H,31,32)(H2,22,24,26)/t8?,12-,17-/m1/s1. The molecule has 2 aliphatic rings. The number of nitrogen functional groups attached to an aromatic ring is 1. The van der Waals surface area contributed by atoms with Crippen molar-refractivity contribution in [2.45, 2.75) is 57.7 Å². The number of ether oxygens (including phenoxy) is 2. The summed E-state index contributed by atoms with van der Waals surface area (Å²) in [6, 6.07) is -1.11. The zero-order chi connectivity index (χ0) is 28.4. The Hall–Kier alpha value is -3.73. The number of nitrogens with zero attached hydrogens (tertiary/aromatic N) is 4. The lowest BCUT2D eigenvalue weighted by atomic mass is 10.0. The first-order valence-electron chi connectivity index (χ1n) is 11.1. The number of esters is 2. The van der Waals surface area contributed by atoms with Gasteiger partial charge in [-0.2, -0.15) is 9.36 Å². The summed E-state index contributed by atoms with van der Waals surface area (Å²) >= 11 is 1.97. The minimum atomic E-state index is -1.37. The van der Waals surface area contributed by atoms with E-state index in [0.717, 1.165) is 16.4 Å². The molecule has 3 rings (SSSR count). The number of aromatic nitrogens is 2. The minimum absolute atomic E-state index is 0.0333. The van der Waals surface area contributed by atoms with Gasteiger partial charge in [-0.1, -0.05) is 5.16 Å². The van der Waals surface area contributed by atoms with Gasteiger partial charge in [0, 0.05) is 29.8 Å². The number of oxime groups is 1. The maximum atomic E-state index is 13.1. The maximum Gasteiger partial charge on any atom is 0.352 e. The lowest BCUT2D eigenvalue weighted by molar-refractivity contribution is -0.167. The summed E-state index contributed by atoms with van der Waals surface area (Å²) in [5.74, 6) is -4.35. The molecule has 3 heterocycles. The molecule has 0 radical (unpaired) electrons. The van der Waals surface area contributed by atoms with Gasteiger partial charge in [0.05, 0.1) is 0 Å². The lowest BCUT2D eigenvalue weighted by Gasteiger charge is -2.49. The number of amides is 2. The monoisotopic (exact) mass is 570 g/mol. The molecule has 1 fully saturated rings. The molecule has 0 spiro atoms. The van der Waals surface area contributed by atoms with Gasteiger partial charge in [-0.3, -0.25) is 19.3 Å². The third-order valence-corrected chi connectivity index (χ3v) is 6.78. The highest BCUT2D eigenvalue weighted by atomic mass is 32.2. The largest absolute Gasteiger partial charge is 0.477 e. The van der Waals surface area contributed by atoms with E-state index in [-0.39, 0.29) is 34.6 Å². The van der Waals surface area contributed by atoms with Gasteiger partial charge in [0.1, 0.15) is 29.3 Å². The number of fused-ring (bicyclic) bond motifs is 1. The van der Waals surface area contributed by atoms with E-state index in [1.807, 2.05) is 0 Å². The van der Waals surface area contributed by atoms with Crippen molar-refractivity contribution in [1.29, 1.82) is 0 Å². The van der Waals surface area contributed by atoms with Gasteiger partial charge in [-0.25, -0.2) is 9.59 Å². The Labute approximate surface area is 224 Å². The van der Waals surface area contributed by atoms with Gasteiger partial charge in [-0.05, 0) is 27.7 Å². The van der Waals surface area contributed by atoms with Gasteiger partial charge in [0.25, 0.3) is 11.8 Å². The minimum Gasteiger partial charge on any atom is -0.477 e. The first-order valence-corrected chi connectivity index (χ1v) is 12.9. The molecule has 4 N–H and O–H groups in total. The van der Waals surface area contributed by atoms with Crippen LogP contribution in [-0.2, 0) is 38.3 Å². The number of carbonyl (C=O) groups is 5. The lowest BCUT2D eigenvalue weighted by Crippen LogP contribution is -2.71. The molecule has 0 bridgehead atoms. The number of aliphatic carboxylic acids is 1. The molecule has 15 nitrogen and oxygen atoms in total. The molecule has 1 aromatic heterocycles. The first-order chi connectivity index (χ1) is 17.7. The normalized spacial score (nSPS) is 20.2. The zero-order valence-corrected chi connectivity index (χ0v) is 22.7. The Kier molecular flexibility index (Phi) is 8.61. The van der Waals surface area contributed by atoms with E-state index in [1.165, 1.54) is 25.6 Å². The Bertz CT molecular complexity index is 1220. The molecule has 0 saturated carbocycles. The van der Waals surface area contributed by atoms with Crippen LogP contribution < -0.4 is 11.1 Å². The third kappa shape index (κ3) is 6.58. The molecule has 1 saturated heterocycles. The molecule has 3 atom stereocenters. The summed E-state index contributed by atoms with van der Waals surface area (Å²) in [7, 11) is 0. The molecular weight excluding hydrogens is 544 g/mol. The summed E-state index contributed by atoms with van der Waals surface area (Å²) in [5, 5.41) is 15.2. The predicted octanol–water partition coefficient (Wildman–Crippen LogP) is -0.127. The summed E-state index contributed by atoms with van der Waals surface area (Å²) < 4.78 is 14.1. The van der Waals surface area contributed by atoms with Crippen molar-refractivity contribution >= 4 is 63.9 Å². The number of carboxylic acids is 1. The fraction of sp³-hybridized carbons (Fsp3) is 0.524. The molecule has 0 aliphatic carbocycles. The fourth-order valence-electron chi connectivity index (χ4n) is 3.27. The zero-order valence-electron chi connectivity index (χ0n) is 21.0. The molecule has 2 amide bonds. The number of carbonyl (C=O) groups excluding carboxylic acids is 4. The van der Waals surface area contributed by atoms with Crippen molar-refractivity contribution in [1.82, 2.24) is 19.6 Å². The molecule has 206 valence electrons. The van der Waals surface area contributed by atoms with Crippen molar-refractivity contribution in [3.05, 3.63) is 17.1 Å². The maximum absolute atomic E-state index is 13.1. The second-order valence-electron chi connectivity index (χ2n) is 9.08. The molecule has 17 heteroatoms. The third-order valence-electron chi connectivity index (χ3n) is 4.90. The van der Waals surface area contributed by atoms with E-state index in [4.69, 9.17) is 20.0 Å². The van der Waals surface area contributed by atoms with Crippen molar-refractivity contribution in [3.63, 3.8) is 0 Å². The Morgan fingerprint density at radius 2 is 2.00 bits per heavy atom. The molecule has 1 aromatic rings. The van der Waals surface area contributed by atoms with Crippen molar-refractivity contribution in [2.75, 3.05) is 18.1 Å². The smallest absolute Gasteiger partial charge is 0.352 e. The van der Waals surface area contributed by atoms with Gasteiger partial charge in [-0.15, -0.1) is 11.8 Å². The number of hydrogen-bond donors (Lipinski definition) is 3. The highest BCUT2D eigenvalue weighted by Crippen LogP contribution is 2.40. The molecular formula is C21H26N6O9S2. The van der Waals surface area contributed by atoms with E-state index < -0.39 is 58.6 Å². The number of anilines is 1.